The van der Waals surface area contributed by atoms with Gasteiger partial charge in [-0.25, -0.2) is 13.5 Å². The molecule has 0 spiro atoms. The zero-order chi connectivity index (χ0) is 12.6. The quantitative estimate of drug-likeness (QED) is 0.869. The summed E-state index contributed by atoms with van der Waals surface area (Å²) in [5, 5.41) is 7.70. The molecular weight excluding hydrogens is 226 g/mol. The number of nitrogens with two attached hydrogens (primary N) is 1. The van der Waals surface area contributed by atoms with Crippen LogP contribution in [-0.2, 0) is 0 Å². The lowest BCUT2D eigenvalue weighted by Gasteiger charge is -2.06. The molecule has 2 aromatic rings. The Labute approximate surface area is 97.0 Å². The minimum Gasteiger partial charge on any atom is -0.323 e. The van der Waals surface area contributed by atoms with Gasteiger partial charge in [0.15, 0.2) is 5.82 Å². The highest BCUT2D eigenvalue weighted by atomic mass is 19.1. The molecule has 17 heavy (non-hydrogen) atoms. The standard InChI is InChI=1S/C11H12F2N4/c1-6(14)11-7(2)17(16-15-11)10-4-3-8(12)5-9(10)13/h3-6H,14H2,1-2H3. The van der Waals surface area contributed by atoms with E-state index in [1.165, 1.54) is 16.8 Å². The van der Waals surface area contributed by atoms with Crippen molar-refractivity contribution in [2.75, 3.05) is 0 Å². The van der Waals surface area contributed by atoms with Crippen LogP contribution < -0.4 is 5.73 Å². The van der Waals surface area contributed by atoms with Crippen molar-refractivity contribution in [2.24, 2.45) is 5.73 Å². The van der Waals surface area contributed by atoms with Crippen molar-refractivity contribution in [1.29, 1.82) is 0 Å². The first-order chi connectivity index (χ1) is 8.00. The van der Waals surface area contributed by atoms with E-state index in [0.29, 0.717) is 11.4 Å². The second-order valence-electron chi connectivity index (χ2n) is 3.86. The van der Waals surface area contributed by atoms with Gasteiger partial charge < -0.3 is 5.73 Å². The number of benzene rings is 1. The molecule has 0 amide bonds. The van der Waals surface area contributed by atoms with Gasteiger partial charge in [0.1, 0.15) is 17.2 Å². The van der Waals surface area contributed by atoms with Crippen molar-refractivity contribution < 1.29 is 8.78 Å². The van der Waals surface area contributed by atoms with Crippen LogP contribution in [0, 0.1) is 18.6 Å². The van der Waals surface area contributed by atoms with Crippen LogP contribution in [0.2, 0.25) is 0 Å². The van der Waals surface area contributed by atoms with Gasteiger partial charge in [0, 0.05) is 12.1 Å². The molecule has 1 heterocycles. The second kappa shape index (κ2) is 4.21. The SMILES string of the molecule is Cc1c(C(C)N)nnn1-c1ccc(F)cc1F. The maximum atomic E-state index is 13.6. The van der Waals surface area contributed by atoms with Crippen LogP contribution >= 0.6 is 0 Å². The molecule has 0 bridgehead atoms. The van der Waals surface area contributed by atoms with Crippen molar-refractivity contribution in [3.05, 3.63) is 41.2 Å². The van der Waals surface area contributed by atoms with Crippen LogP contribution in [0.25, 0.3) is 5.69 Å². The van der Waals surface area contributed by atoms with Crippen molar-refractivity contribution in [3.8, 4) is 5.69 Å². The summed E-state index contributed by atoms with van der Waals surface area (Å²) in [5.74, 6) is -1.31. The minimum atomic E-state index is -0.686. The molecule has 1 atom stereocenters. The Morgan fingerprint density at radius 3 is 2.59 bits per heavy atom. The van der Waals surface area contributed by atoms with Crippen LogP contribution in [0.1, 0.15) is 24.4 Å². The van der Waals surface area contributed by atoms with Gasteiger partial charge in [0.25, 0.3) is 0 Å². The molecule has 2 N–H and O–H groups in total. The van der Waals surface area contributed by atoms with Gasteiger partial charge in [-0.1, -0.05) is 5.21 Å². The van der Waals surface area contributed by atoms with Crippen molar-refractivity contribution in [3.63, 3.8) is 0 Å². The molecule has 0 fully saturated rings. The summed E-state index contributed by atoms with van der Waals surface area (Å²) in [6.45, 7) is 3.50. The smallest absolute Gasteiger partial charge is 0.151 e. The molecular formula is C11H12F2N4. The average molecular weight is 238 g/mol. The summed E-state index contributed by atoms with van der Waals surface area (Å²) in [5.41, 5.74) is 7.09. The van der Waals surface area contributed by atoms with Gasteiger partial charge in [-0.15, -0.1) is 5.10 Å². The fraction of sp³-hybridized carbons (Fsp3) is 0.273. The summed E-state index contributed by atoms with van der Waals surface area (Å²) in [4.78, 5) is 0. The normalized spacial score (nSPS) is 12.8. The van der Waals surface area contributed by atoms with Gasteiger partial charge in [-0.05, 0) is 26.0 Å². The maximum Gasteiger partial charge on any atom is 0.151 e. The fourth-order valence-electron chi connectivity index (χ4n) is 1.64. The van der Waals surface area contributed by atoms with Crippen LogP contribution in [0.4, 0.5) is 8.78 Å². The Balaban J connectivity index is 2.54. The molecule has 0 aliphatic carbocycles. The van der Waals surface area contributed by atoms with E-state index in [1.54, 1.807) is 13.8 Å². The van der Waals surface area contributed by atoms with Crippen LogP contribution in [-0.4, -0.2) is 15.0 Å². The van der Waals surface area contributed by atoms with E-state index in [4.69, 9.17) is 5.73 Å². The molecule has 1 aromatic carbocycles. The molecule has 90 valence electrons. The predicted molar refractivity (Wildman–Crippen MR) is 58.6 cm³/mol. The lowest BCUT2D eigenvalue weighted by atomic mass is 10.2. The summed E-state index contributed by atoms with van der Waals surface area (Å²) < 4.78 is 27.7. The lowest BCUT2D eigenvalue weighted by Crippen LogP contribution is -2.08. The number of aromatic nitrogens is 3. The molecule has 1 aromatic heterocycles. The third-order valence-electron chi connectivity index (χ3n) is 2.50. The monoisotopic (exact) mass is 238 g/mol. The van der Waals surface area contributed by atoms with E-state index in [1.807, 2.05) is 0 Å². The predicted octanol–water partition coefficient (Wildman–Crippen LogP) is 1.87. The highest BCUT2D eigenvalue weighted by molar-refractivity contribution is 5.35. The number of nitrogens with zero attached hydrogens (tertiary/aromatic N) is 3. The van der Waals surface area contributed by atoms with Gasteiger partial charge in [0.05, 0.1) is 5.69 Å². The van der Waals surface area contributed by atoms with Crippen molar-refractivity contribution in [2.45, 2.75) is 19.9 Å². The van der Waals surface area contributed by atoms with Gasteiger partial charge in [-0.3, -0.25) is 0 Å². The van der Waals surface area contributed by atoms with Gasteiger partial charge >= 0.3 is 0 Å². The van der Waals surface area contributed by atoms with E-state index in [-0.39, 0.29) is 11.7 Å². The highest BCUT2D eigenvalue weighted by Crippen LogP contribution is 2.19. The number of hydrogen-bond acceptors (Lipinski definition) is 3. The van der Waals surface area contributed by atoms with E-state index < -0.39 is 11.6 Å². The maximum absolute atomic E-state index is 13.6. The zero-order valence-corrected chi connectivity index (χ0v) is 9.48. The fourth-order valence-corrected chi connectivity index (χ4v) is 1.64. The van der Waals surface area contributed by atoms with Crippen LogP contribution in [0.5, 0.6) is 0 Å². The third-order valence-corrected chi connectivity index (χ3v) is 2.50. The Bertz CT molecular complexity index is 548. The lowest BCUT2D eigenvalue weighted by molar-refractivity contribution is 0.570. The zero-order valence-electron chi connectivity index (χ0n) is 9.48. The molecule has 0 aliphatic heterocycles. The first-order valence-electron chi connectivity index (χ1n) is 5.14. The second-order valence-corrected chi connectivity index (χ2v) is 3.86. The molecule has 0 saturated heterocycles. The van der Waals surface area contributed by atoms with Crippen molar-refractivity contribution in [1.82, 2.24) is 15.0 Å². The Hall–Kier alpha value is -1.82. The number of rotatable bonds is 2. The Morgan fingerprint density at radius 2 is 2.06 bits per heavy atom. The number of hydrogen-bond donors (Lipinski definition) is 1. The van der Waals surface area contributed by atoms with E-state index in [2.05, 4.69) is 10.3 Å². The first-order valence-corrected chi connectivity index (χ1v) is 5.14. The third kappa shape index (κ3) is 2.03. The van der Waals surface area contributed by atoms with E-state index >= 15 is 0 Å². The topological polar surface area (TPSA) is 56.7 Å². The molecule has 0 saturated carbocycles. The van der Waals surface area contributed by atoms with Gasteiger partial charge in [0.2, 0.25) is 0 Å². The Morgan fingerprint density at radius 1 is 1.35 bits per heavy atom. The van der Waals surface area contributed by atoms with Crippen molar-refractivity contribution >= 4 is 0 Å². The molecule has 0 aliphatic rings. The molecule has 6 heteroatoms. The summed E-state index contributed by atoms with van der Waals surface area (Å²) >= 11 is 0. The summed E-state index contributed by atoms with van der Waals surface area (Å²) in [6, 6.07) is 3.01. The molecule has 0 radical (unpaired) electrons. The molecule has 4 nitrogen and oxygen atoms in total. The van der Waals surface area contributed by atoms with E-state index in [0.717, 1.165) is 6.07 Å². The minimum absolute atomic E-state index is 0.156. The molecule has 2 rings (SSSR count). The van der Waals surface area contributed by atoms with Crippen LogP contribution in [0.3, 0.4) is 0 Å². The number of halogens is 2. The molecule has 1 unspecified atom stereocenters. The van der Waals surface area contributed by atoms with Gasteiger partial charge in [-0.2, -0.15) is 0 Å². The van der Waals surface area contributed by atoms with E-state index in [9.17, 15) is 8.78 Å². The van der Waals surface area contributed by atoms with Crippen LogP contribution in [0.15, 0.2) is 18.2 Å². The first kappa shape index (κ1) is 11.7. The summed E-state index contributed by atoms with van der Waals surface area (Å²) in [7, 11) is 0. The average Bonchev–Trinajstić information content (AvgIpc) is 2.60. The largest absolute Gasteiger partial charge is 0.323 e. The summed E-state index contributed by atoms with van der Waals surface area (Å²) in [6.07, 6.45) is 0. The highest BCUT2D eigenvalue weighted by Gasteiger charge is 2.15. The Kier molecular flexibility index (Phi) is 2.89.